The number of likely N-dealkylation sites (tertiary alicyclic amines) is 1. The van der Waals surface area contributed by atoms with Crippen molar-refractivity contribution in [1.29, 1.82) is 0 Å². The summed E-state index contributed by atoms with van der Waals surface area (Å²) in [6.07, 6.45) is 0.407. The molecule has 0 spiro atoms. The molecule has 1 saturated heterocycles. The third kappa shape index (κ3) is 5.42. The maximum Gasteiger partial charge on any atom is 0.336 e. The fourth-order valence-electron chi connectivity index (χ4n) is 5.86. The number of carbonyl (C=O) groups is 2. The fraction of sp³-hybridized carbons (Fsp3) is 0.229. The van der Waals surface area contributed by atoms with E-state index in [2.05, 4.69) is 9.97 Å². The van der Waals surface area contributed by atoms with E-state index >= 15 is 0 Å². The molecule has 1 amide bonds. The van der Waals surface area contributed by atoms with Crippen molar-refractivity contribution < 1.29 is 28.9 Å². The number of nitrogens with one attached hydrogen (secondary N) is 1. The predicted molar refractivity (Wildman–Crippen MR) is 165 cm³/mol. The minimum absolute atomic E-state index is 0.122. The van der Waals surface area contributed by atoms with E-state index in [0.29, 0.717) is 34.6 Å². The number of hydrogen-bond acceptors (Lipinski definition) is 5. The Morgan fingerprint density at radius 2 is 1.80 bits per heavy atom. The first-order chi connectivity index (χ1) is 21.2. The molecule has 1 fully saturated rings. The van der Waals surface area contributed by atoms with Gasteiger partial charge in [0.05, 0.1) is 29.0 Å². The Kier molecular flexibility index (Phi) is 7.65. The number of fused-ring (bicyclic) bond motifs is 1. The number of halogens is 1. The van der Waals surface area contributed by atoms with Crippen LogP contribution in [0.1, 0.15) is 51.7 Å². The van der Waals surface area contributed by atoms with Crippen LogP contribution >= 0.6 is 0 Å². The first kappa shape index (κ1) is 29.1. The zero-order valence-corrected chi connectivity index (χ0v) is 24.4. The summed E-state index contributed by atoms with van der Waals surface area (Å²) in [5.41, 5.74) is 1.56. The van der Waals surface area contributed by atoms with Gasteiger partial charge < -0.3 is 24.8 Å². The highest BCUT2D eigenvalue weighted by Gasteiger charge is 2.38. The molecule has 0 aliphatic carbocycles. The van der Waals surface area contributed by atoms with Crippen LogP contribution in [-0.2, 0) is 5.60 Å². The lowest BCUT2D eigenvalue weighted by molar-refractivity contribution is -0.0211. The van der Waals surface area contributed by atoms with Crippen LogP contribution in [0.2, 0.25) is 0 Å². The Morgan fingerprint density at radius 3 is 2.52 bits per heavy atom. The molecule has 0 atom stereocenters. The van der Waals surface area contributed by atoms with Crippen molar-refractivity contribution >= 4 is 22.6 Å². The Bertz CT molecular complexity index is 1890. The molecule has 0 unspecified atom stereocenters. The molecule has 6 rings (SSSR count). The molecule has 5 aromatic rings. The first-order valence-electron chi connectivity index (χ1n) is 14.5. The molecule has 1 aromatic heterocycles. The van der Waals surface area contributed by atoms with Gasteiger partial charge in [0.15, 0.2) is 5.69 Å². The van der Waals surface area contributed by atoms with Gasteiger partial charge in [-0.15, -0.1) is 0 Å². The average molecular weight is 594 g/mol. The normalized spacial score (nSPS) is 14.5. The number of ether oxygens (including phenoxy) is 1. The van der Waals surface area contributed by atoms with Crippen LogP contribution in [0.15, 0.2) is 78.9 Å². The number of H-pyrrole nitrogens is 1. The van der Waals surface area contributed by atoms with Crippen LogP contribution in [-0.4, -0.2) is 56.7 Å². The van der Waals surface area contributed by atoms with E-state index in [9.17, 15) is 24.2 Å². The van der Waals surface area contributed by atoms with E-state index in [-0.39, 0.29) is 54.5 Å². The molecule has 0 bridgehead atoms. The average Bonchev–Trinajstić information content (AvgIpc) is 3.46. The van der Waals surface area contributed by atoms with Crippen molar-refractivity contribution in [3.05, 3.63) is 107 Å². The standard InChI is InChI=1S/C35H32FN3O5/c1-3-44-25-9-6-8-23(19-25)30-31(38-32(37-30)27-12-11-21(2)17-29(27)36)33(40)39-15-13-35(43,14-16-39)24-18-22-7-4-5-10-26(22)28(20-24)34(41)42/h4-12,17-20,43H,3,13-16H2,1-2H3,(H,37,38)(H,41,42). The molecule has 4 aromatic carbocycles. The molecular weight excluding hydrogens is 561 g/mol. The summed E-state index contributed by atoms with van der Waals surface area (Å²) < 4.78 is 20.7. The minimum atomic E-state index is -1.32. The Morgan fingerprint density at radius 1 is 1.02 bits per heavy atom. The summed E-state index contributed by atoms with van der Waals surface area (Å²) in [7, 11) is 0. The molecule has 224 valence electrons. The molecule has 8 nitrogen and oxygen atoms in total. The number of aliphatic hydroxyl groups is 1. The maximum absolute atomic E-state index is 15.0. The summed E-state index contributed by atoms with van der Waals surface area (Å²) in [6.45, 7) is 4.58. The van der Waals surface area contributed by atoms with E-state index < -0.39 is 17.4 Å². The quantitative estimate of drug-likeness (QED) is 0.197. The van der Waals surface area contributed by atoms with Gasteiger partial charge in [-0.05, 0) is 85.0 Å². The molecular formula is C35H32FN3O5. The smallest absolute Gasteiger partial charge is 0.336 e. The molecule has 44 heavy (non-hydrogen) atoms. The number of aromatic carboxylic acids is 1. The largest absolute Gasteiger partial charge is 0.494 e. The zero-order valence-electron chi connectivity index (χ0n) is 24.4. The van der Waals surface area contributed by atoms with Crippen molar-refractivity contribution in [3.8, 4) is 28.4 Å². The number of piperidine rings is 1. The summed E-state index contributed by atoms with van der Waals surface area (Å²) in [5.74, 6) is -1.02. The van der Waals surface area contributed by atoms with Crippen LogP contribution < -0.4 is 4.74 Å². The SMILES string of the molecule is CCOc1cccc(-c2[nH]c(-c3ccc(C)cc3F)nc2C(=O)N2CCC(O)(c3cc(C(=O)O)c4ccccc4c3)CC2)c1. The Balaban J connectivity index is 1.32. The number of carboxylic acid groups (broad SMARTS) is 1. The van der Waals surface area contributed by atoms with Gasteiger partial charge in [-0.25, -0.2) is 14.2 Å². The monoisotopic (exact) mass is 593 g/mol. The van der Waals surface area contributed by atoms with Gasteiger partial charge in [0, 0.05) is 18.7 Å². The highest BCUT2D eigenvalue weighted by Crippen LogP contribution is 2.37. The van der Waals surface area contributed by atoms with Gasteiger partial charge in [-0.2, -0.15) is 0 Å². The molecule has 3 N–H and O–H groups in total. The third-order valence-electron chi connectivity index (χ3n) is 8.23. The van der Waals surface area contributed by atoms with Crippen LogP contribution in [0.3, 0.4) is 0 Å². The van der Waals surface area contributed by atoms with Crippen LogP contribution in [0.4, 0.5) is 4.39 Å². The molecule has 1 aliphatic heterocycles. The molecule has 0 saturated carbocycles. The number of nitrogens with zero attached hydrogens (tertiary/aromatic N) is 2. The number of aromatic nitrogens is 2. The van der Waals surface area contributed by atoms with E-state index in [0.717, 1.165) is 10.9 Å². The van der Waals surface area contributed by atoms with Crippen LogP contribution in [0, 0.1) is 12.7 Å². The summed E-state index contributed by atoms with van der Waals surface area (Å²) >= 11 is 0. The second-order valence-corrected chi connectivity index (χ2v) is 11.1. The van der Waals surface area contributed by atoms with Gasteiger partial charge >= 0.3 is 5.97 Å². The Hall–Kier alpha value is -5.02. The molecule has 2 heterocycles. The van der Waals surface area contributed by atoms with Crippen molar-refractivity contribution in [2.24, 2.45) is 0 Å². The number of amides is 1. The van der Waals surface area contributed by atoms with Gasteiger partial charge in [0.1, 0.15) is 17.4 Å². The lowest BCUT2D eigenvalue weighted by Gasteiger charge is -2.38. The molecule has 1 aliphatic rings. The minimum Gasteiger partial charge on any atom is -0.494 e. The molecule has 9 heteroatoms. The maximum atomic E-state index is 15.0. The lowest BCUT2D eigenvalue weighted by Crippen LogP contribution is -2.45. The number of carbonyl (C=O) groups excluding carboxylic acids is 1. The topological polar surface area (TPSA) is 116 Å². The lowest BCUT2D eigenvalue weighted by atomic mass is 9.82. The van der Waals surface area contributed by atoms with Crippen molar-refractivity contribution in [2.45, 2.75) is 32.3 Å². The number of benzene rings is 4. The van der Waals surface area contributed by atoms with Crippen molar-refractivity contribution in [1.82, 2.24) is 14.9 Å². The van der Waals surface area contributed by atoms with Gasteiger partial charge in [-0.1, -0.05) is 42.5 Å². The van der Waals surface area contributed by atoms with Crippen LogP contribution in [0.5, 0.6) is 5.75 Å². The van der Waals surface area contributed by atoms with E-state index in [1.165, 1.54) is 12.1 Å². The van der Waals surface area contributed by atoms with Gasteiger partial charge in [-0.3, -0.25) is 4.79 Å². The number of imidazole rings is 1. The third-order valence-corrected chi connectivity index (χ3v) is 8.23. The van der Waals surface area contributed by atoms with Crippen LogP contribution in [0.25, 0.3) is 33.4 Å². The molecule has 0 radical (unpaired) electrons. The van der Waals surface area contributed by atoms with E-state index in [4.69, 9.17) is 4.74 Å². The second-order valence-electron chi connectivity index (χ2n) is 11.1. The number of rotatable bonds is 7. The first-order valence-corrected chi connectivity index (χ1v) is 14.5. The second kappa shape index (κ2) is 11.6. The van der Waals surface area contributed by atoms with E-state index in [1.807, 2.05) is 43.3 Å². The number of aromatic amines is 1. The highest BCUT2D eigenvalue weighted by molar-refractivity contribution is 6.04. The van der Waals surface area contributed by atoms with Crippen molar-refractivity contribution in [2.75, 3.05) is 19.7 Å². The highest BCUT2D eigenvalue weighted by atomic mass is 19.1. The van der Waals surface area contributed by atoms with Crippen molar-refractivity contribution in [3.63, 3.8) is 0 Å². The predicted octanol–water partition coefficient (Wildman–Crippen LogP) is 6.57. The Labute approximate surface area is 253 Å². The summed E-state index contributed by atoms with van der Waals surface area (Å²) in [4.78, 5) is 35.4. The van der Waals surface area contributed by atoms with Gasteiger partial charge in [0.25, 0.3) is 5.91 Å². The number of aryl methyl sites for hydroxylation is 1. The fourth-order valence-corrected chi connectivity index (χ4v) is 5.86. The summed E-state index contributed by atoms with van der Waals surface area (Å²) in [6, 6.07) is 22.6. The zero-order chi connectivity index (χ0) is 31.0. The van der Waals surface area contributed by atoms with Gasteiger partial charge in [0.2, 0.25) is 0 Å². The van der Waals surface area contributed by atoms with E-state index in [1.54, 1.807) is 42.2 Å². The number of carboxylic acids is 1. The summed E-state index contributed by atoms with van der Waals surface area (Å²) in [5, 5.41) is 22.8. The number of hydrogen-bond donors (Lipinski definition) is 3.